The third-order valence-corrected chi connectivity index (χ3v) is 5.44. The van der Waals surface area contributed by atoms with Crippen LogP contribution in [-0.2, 0) is 22.5 Å². The van der Waals surface area contributed by atoms with E-state index in [0.717, 1.165) is 12.7 Å². The predicted octanol–water partition coefficient (Wildman–Crippen LogP) is 3.92. The van der Waals surface area contributed by atoms with Crippen LogP contribution in [0.1, 0.15) is 34.7 Å². The lowest BCUT2D eigenvalue weighted by molar-refractivity contribution is -0.140. The first-order valence-corrected chi connectivity index (χ1v) is 10.0. The van der Waals surface area contributed by atoms with Gasteiger partial charge in [-0.25, -0.2) is 13.2 Å². The maximum atomic E-state index is 13.9. The third-order valence-electron chi connectivity index (χ3n) is 5.44. The van der Waals surface area contributed by atoms with Crippen LogP contribution in [0.4, 0.5) is 13.2 Å². The number of phenols is 1. The van der Waals surface area contributed by atoms with Crippen molar-refractivity contribution < 1.29 is 32.9 Å². The lowest BCUT2D eigenvalue weighted by Gasteiger charge is -2.21. The maximum absolute atomic E-state index is 13.9. The molecule has 1 atom stereocenters. The molecule has 174 valence electrons. The highest BCUT2D eigenvalue weighted by Gasteiger charge is 2.28. The van der Waals surface area contributed by atoms with Gasteiger partial charge in [0.05, 0.1) is 19.1 Å². The van der Waals surface area contributed by atoms with Gasteiger partial charge >= 0.3 is 5.97 Å². The van der Waals surface area contributed by atoms with E-state index < -0.39 is 47.1 Å². The topological polar surface area (TPSA) is 88.8 Å². The number of halogens is 3. The van der Waals surface area contributed by atoms with E-state index in [4.69, 9.17) is 0 Å². The molecule has 33 heavy (non-hydrogen) atoms. The van der Waals surface area contributed by atoms with Crippen molar-refractivity contribution in [1.29, 1.82) is 0 Å². The predicted molar refractivity (Wildman–Crippen MR) is 114 cm³/mol. The van der Waals surface area contributed by atoms with Crippen molar-refractivity contribution in [3.05, 3.63) is 92.7 Å². The monoisotopic (exact) mass is 461 g/mol. The smallest absolute Gasteiger partial charge is 0.306 e. The Morgan fingerprint density at radius 1 is 1.06 bits per heavy atom. The number of hydrogen-bond acceptors (Lipinski definition) is 5. The minimum atomic E-state index is -1.69. The summed E-state index contributed by atoms with van der Waals surface area (Å²) in [5, 5.41) is 20.0. The molecule has 6 nitrogen and oxygen atoms in total. The Bertz CT molecular complexity index is 1220. The van der Waals surface area contributed by atoms with E-state index in [9.17, 15) is 33.0 Å². The molecule has 9 heteroatoms. The van der Waals surface area contributed by atoms with E-state index in [-0.39, 0.29) is 23.4 Å². The fourth-order valence-corrected chi connectivity index (χ4v) is 3.69. The zero-order valence-corrected chi connectivity index (χ0v) is 17.9. The number of benzene rings is 2. The first-order valence-electron chi connectivity index (χ1n) is 10.0. The van der Waals surface area contributed by atoms with Crippen molar-refractivity contribution >= 4 is 5.97 Å². The molecular weight excluding hydrogens is 439 g/mol. The number of rotatable bonds is 7. The number of pyridine rings is 1. The quantitative estimate of drug-likeness (QED) is 0.411. The molecule has 0 unspecified atom stereocenters. The van der Waals surface area contributed by atoms with Gasteiger partial charge in [0.15, 0.2) is 17.5 Å². The second-order valence-electron chi connectivity index (χ2n) is 7.59. The first-order chi connectivity index (χ1) is 15.6. The number of esters is 1. The Morgan fingerprint density at radius 3 is 2.24 bits per heavy atom. The van der Waals surface area contributed by atoms with Gasteiger partial charge in [0, 0.05) is 18.2 Å². The summed E-state index contributed by atoms with van der Waals surface area (Å²) in [5.41, 5.74) is 0.140. The van der Waals surface area contributed by atoms with Gasteiger partial charge in [0.2, 0.25) is 0 Å². The summed E-state index contributed by atoms with van der Waals surface area (Å²) in [5.74, 6) is -7.09. The van der Waals surface area contributed by atoms with E-state index in [0.29, 0.717) is 24.2 Å². The molecule has 0 aliphatic carbocycles. The van der Waals surface area contributed by atoms with Gasteiger partial charge in [-0.1, -0.05) is 12.1 Å². The van der Waals surface area contributed by atoms with Crippen molar-refractivity contribution in [3.8, 4) is 11.5 Å². The molecule has 0 bridgehead atoms. The summed E-state index contributed by atoms with van der Waals surface area (Å²) in [6.07, 6.45) is -0.0997. The highest BCUT2D eigenvalue weighted by molar-refractivity contribution is 5.71. The molecule has 0 radical (unpaired) electrons. The molecule has 3 aromatic rings. The van der Waals surface area contributed by atoms with E-state index in [1.54, 1.807) is 19.1 Å². The number of nitrogens with zero attached hydrogens (tertiary/aromatic N) is 1. The normalized spacial score (nSPS) is 11.9. The van der Waals surface area contributed by atoms with Crippen LogP contribution < -0.4 is 5.56 Å². The summed E-state index contributed by atoms with van der Waals surface area (Å²) in [4.78, 5) is 25.4. The lowest BCUT2D eigenvalue weighted by Crippen LogP contribution is -2.29. The molecule has 0 saturated heterocycles. The third kappa shape index (κ3) is 5.19. The van der Waals surface area contributed by atoms with Gasteiger partial charge in [-0.05, 0) is 54.8 Å². The van der Waals surface area contributed by atoms with Gasteiger partial charge in [-0.15, -0.1) is 0 Å². The number of ether oxygens (including phenoxy) is 1. The van der Waals surface area contributed by atoms with Crippen molar-refractivity contribution in [3.63, 3.8) is 0 Å². The molecule has 2 aromatic carbocycles. The Morgan fingerprint density at radius 2 is 1.67 bits per heavy atom. The molecule has 1 heterocycles. The van der Waals surface area contributed by atoms with Gasteiger partial charge in [0.1, 0.15) is 11.5 Å². The minimum Gasteiger partial charge on any atom is -0.508 e. The molecule has 0 spiro atoms. The van der Waals surface area contributed by atoms with Crippen LogP contribution in [0.15, 0.2) is 47.3 Å². The van der Waals surface area contributed by atoms with Crippen molar-refractivity contribution in [1.82, 2.24) is 4.57 Å². The van der Waals surface area contributed by atoms with Gasteiger partial charge < -0.3 is 19.5 Å². The van der Waals surface area contributed by atoms with Crippen molar-refractivity contribution in [2.45, 2.75) is 32.2 Å². The highest BCUT2D eigenvalue weighted by Crippen LogP contribution is 2.34. The molecule has 2 N–H and O–H groups in total. The number of phenolic OH excluding ortho intramolecular Hbond substituents is 1. The fraction of sp³-hybridized carbons (Fsp3) is 0.250. The molecule has 0 aliphatic rings. The zero-order valence-electron chi connectivity index (χ0n) is 17.9. The molecule has 0 fully saturated rings. The molecular formula is C24H22F3NO5. The fourth-order valence-electron chi connectivity index (χ4n) is 3.69. The van der Waals surface area contributed by atoms with Crippen LogP contribution >= 0.6 is 0 Å². The standard InChI is InChI=1S/C24H22F3NO5/c1-13-9-20(30)22(24(32)28(13)8-7-14-3-5-16(29)6-4-14)17(12-21(31)33-2)15-10-18(25)23(27)19(26)11-15/h3-6,9-11,17,29-30H,7-8,12H2,1-2H3/t17-/m1/s1. The Hall–Kier alpha value is -3.75. The molecule has 0 saturated carbocycles. The number of methoxy groups -OCH3 is 1. The Labute approximate surface area is 187 Å². The van der Waals surface area contributed by atoms with Crippen molar-refractivity contribution in [2.75, 3.05) is 7.11 Å². The molecule has 1 aromatic heterocycles. The van der Waals surface area contributed by atoms with Crippen LogP contribution in [0.2, 0.25) is 0 Å². The molecule has 0 amide bonds. The number of aryl methyl sites for hydroxylation is 2. The minimum absolute atomic E-state index is 0.100. The number of aromatic nitrogens is 1. The summed E-state index contributed by atoms with van der Waals surface area (Å²) < 4.78 is 47.3. The summed E-state index contributed by atoms with van der Waals surface area (Å²) in [6.45, 7) is 1.80. The van der Waals surface area contributed by atoms with E-state index in [1.807, 2.05) is 0 Å². The van der Waals surface area contributed by atoms with Crippen LogP contribution in [-0.4, -0.2) is 27.9 Å². The molecule has 3 rings (SSSR count). The maximum Gasteiger partial charge on any atom is 0.306 e. The van der Waals surface area contributed by atoms with Crippen LogP contribution in [0, 0.1) is 24.4 Å². The van der Waals surface area contributed by atoms with Crippen LogP contribution in [0.25, 0.3) is 0 Å². The van der Waals surface area contributed by atoms with Crippen molar-refractivity contribution in [2.24, 2.45) is 0 Å². The van der Waals surface area contributed by atoms with Gasteiger partial charge in [-0.2, -0.15) is 0 Å². The average molecular weight is 461 g/mol. The second kappa shape index (κ2) is 9.81. The van der Waals surface area contributed by atoms with Crippen LogP contribution in [0.5, 0.6) is 11.5 Å². The van der Waals surface area contributed by atoms with Gasteiger partial charge in [-0.3, -0.25) is 9.59 Å². The Kier molecular flexibility index (Phi) is 7.10. The van der Waals surface area contributed by atoms with Crippen LogP contribution in [0.3, 0.4) is 0 Å². The summed E-state index contributed by atoms with van der Waals surface area (Å²) in [7, 11) is 1.11. The summed E-state index contributed by atoms with van der Waals surface area (Å²) >= 11 is 0. The largest absolute Gasteiger partial charge is 0.508 e. The number of carbonyl (C=O) groups is 1. The average Bonchev–Trinajstić information content (AvgIpc) is 2.77. The number of aromatic hydroxyl groups is 2. The SMILES string of the molecule is COC(=O)C[C@H](c1cc(F)c(F)c(F)c1)c1c(O)cc(C)n(CCc2ccc(O)cc2)c1=O. The van der Waals surface area contributed by atoms with Gasteiger partial charge in [0.25, 0.3) is 5.56 Å². The zero-order chi connectivity index (χ0) is 24.3. The first kappa shape index (κ1) is 23.9. The second-order valence-corrected chi connectivity index (χ2v) is 7.59. The lowest BCUT2D eigenvalue weighted by atomic mass is 9.88. The Balaban J connectivity index is 2.09. The van der Waals surface area contributed by atoms with E-state index in [2.05, 4.69) is 4.74 Å². The summed E-state index contributed by atoms with van der Waals surface area (Å²) in [6, 6.07) is 9.10. The number of hydrogen-bond donors (Lipinski definition) is 2. The molecule has 0 aliphatic heterocycles. The number of carbonyl (C=O) groups excluding carboxylic acids is 1. The van der Waals surface area contributed by atoms with E-state index in [1.165, 1.54) is 22.8 Å². The highest BCUT2D eigenvalue weighted by atomic mass is 19.2. The van der Waals surface area contributed by atoms with E-state index >= 15 is 0 Å².